The Morgan fingerprint density at radius 3 is 2.58 bits per heavy atom. The van der Waals surface area contributed by atoms with E-state index >= 15 is 0 Å². The fraction of sp³-hybridized carbons (Fsp3) is 0.360. The fourth-order valence-corrected chi connectivity index (χ4v) is 4.51. The van der Waals surface area contributed by atoms with E-state index in [-0.39, 0.29) is 29.1 Å². The second kappa shape index (κ2) is 8.61. The maximum Gasteiger partial charge on any atom is 0.261 e. The zero-order valence-electron chi connectivity index (χ0n) is 17.8. The summed E-state index contributed by atoms with van der Waals surface area (Å²) >= 11 is 0. The lowest BCUT2D eigenvalue weighted by Gasteiger charge is -2.35. The smallest absolute Gasteiger partial charge is 0.261 e. The molecule has 4 rings (SSSR count). The van der Waals surface area contributed by atoms with Gasteiger partial charge in [-0.05, 0) is 55.9 Å². The number of aromatic nitrogens is 1. The van der Waals surface area contributed by atoms with Crippen LogP contribution in [-0.2, 0) is 6.54 Å². The number of rotatable bonds is 6. The van der Waals surface area contributed by atoms with Gasteiger partial charge in [-0.15, -0.1) is 0 Å². The van der Waals surface area contributed by atoms with Crippen molar-refractivity contribution in [2.45, 2.75) is 52.1 Å². The number of carbonyl (C=O) groups excluding carboxylic acids is 1. The van der Waals surface area contributed by atoms with Gasteiger partial charge in [-0.25, -0.2) is 8.78 Å². The minimum atomic E-state index is -0.637. The van der Waals surface area contributed by atoms with Crippen LogP contribution in [0.5, 0.6) is 0 Å². The molecule has 2 aromatic carbocycles. The Labute approximate surface area is 179 Å². The number of nitrogens with zero attached hydrogens (tertiary/aromatic N) is 1. The highest BCUT2D eigenvalue weighted by Crippen LogP contribution is 2.38. The summed E-state index contributed by atoms with van der Waals surface area (Å²) in [6.45, 7) is 4.04. The van der Waals surface area contributed by atoms with E-state index in [2.05, 4.69) is 5.32 Å². The van der Waals surface area contributed by atoms with E-state index in [9.17, 15) is 18.4 Å². The van der Waals surface area contributed by atoms with Crippen molar-refractivity contribution in [2.75, 3.05) is 0 Å². The van der Waals surface area contributed by atoms with E-state index in [1.54, 1.807) is 19.1 Å². The highest BCUT2D eigenvalue weighted by atomic mass is 19.1. The summed E-state index contributed by atoms with van der Waals surface area (Å²) in [5, 5.41) is 3.31. The van der Waals surface area contributed by atoms with Gasteiger partial charge in [0, 0.05) is 17.6 Å². The highest BCUT2D eigenvalue weighted by molar-refractivity contribution is 6.08. The van der Waals surface area contributed by atoms with E-state index in [0.29, 0.717) is 35.2 Å². The van der Waals surface area contributed by atoms with Crippen molar-refractivity contribution in [2.24, 2.45) is 5.92 Å². The summed E-state index contributed by atoms with van der Waals surface area (Å²) in [5.41, 5.74) is 1.09. The largest absolute Gasteiger partial charge is 0.345 e. The Kier molecular flexibility index (Phi) is 5.90. The van der Waals surface area contributed by atoms with Crippen LogP contribution in [-0.4, -0.2) is 10.5 Å². The van der Waals surface area contributed by atoms with Crippen LogP contribution >= 0.6 is 0 Å². The van der Waals surface area contributed by atoms with Crippen LogP contribution in [0.4, 0.5) is 8.78 Å². The van der Waals surface area contributed by atoms with E-state index in [0.717, 1.165) is 19.3 Å². The van der Waals surface area contributed by atoms with Crippen LogP contribution in [0, 0.1) is 24.5 Å². The molecule has 0 unspecified atom stereocenters. The lowest BCUT2D eigenvalue weighted by atomic mass is 9.77. The summed E-state index contributed by atoms with van der Waals surface area (Å²) in [4.78, 5) is 26.5. The topological polar surface area (TPSA) is 51.1 Å². The van der Waals surface area contributed by atoms with Crippen molar-refractivity contribution < 1.29 is 13.6 Å². The van der Waals surface area contributed by atoms with Crippen LogP contribution in [0.3, 0.4) is 0 Å². The van der Waals surface area contributed by atoms with Crippen molar-refractivity contribution in [1.29, 1.82) is 0 Å². The monoisotopic (exact) mass is 424 g/mol. The van der Waals surface area contributed by atoms with Crippen molar-refractivity contribution >= 4 is 16.7 Å². The molecular formula is C25H26F2N2O2. The number of amides is 1. The van der Waals surface area contributed by atoms with Gasteiger partial charge in [0.05, 0.1) is 17.0 Å². The molecule has 1 heterocycles. The van der Waals surface area contributed by atoms with Gasteiger partial charge >= 0.3 is 0 Å². The number of hydrogen-bond acceptors (Lipinski definition) is 2. The maximum absolute atomic E-state index is 14.6. The van der Waals surface area contributed by atoms with Crippen LogP contribution < -0.4 is 10.9 Å². The Morgan fingerprint density at radius 2 is 1.94 bits per heavy atom. The maximum atomic E-state index is 14.6. The van der Waals surface area contributed by atoms with Crippen LogP contribution in [0.1, 0.15) is 60.3 Å². The lowest BCUT2D eigenvalue weighted by molar-refractivity contribution is 0.0900. The number of carbonyl (C=O) groups is 1. The first kappa shape index (κ1) is 21.2. The number of hydrogen-bond donors (Lipinski definition) is 1. The van der Waals surface area contributed by atoms with Gasteiger partial charge in [-0.1, -0.05) is 37.6 Å². The Hall–Kier alpha value is -3.02. The third-order valence-corrected chi connectivity index (χ3v) is 6.30. The van der Waals surface area contributed by atoms with Crippen LogP contribution in [0.25, 0.3) is 10.8 Å². The second-order valence-corrected chi connectivity index (χ2v) is 8.28. The molecular weight excluding hydrogens is 398 g/mol. The molecule has 0 aliphatic heterocycles. The SMILES string of the molecule is CCCn1c(C)c(C(=O)N[C@H](c2cccc(F)c2)C2CCC2)c2cccc(F)c2c1=O. The van der Waals surface area contributed by atoms with Crippen LogP contribution in [0.15, 0.2) is 47.3 Å². The highest BCUT2D eigenvalue weighted by Gasteiger charge is 2.31. The van der Waals surface area contributed by atoms with Crippen LogP contribution in [0.2, 0.25) is 0 Å². The molecule has 0 radical (unpaired) electrons. The molecule has 4 nitrogen and oxygen atoms in total. The Balaban J connectivity index is 1.83. The van der Waals surface area contributed by atoms with Crippen molar-refractivity contribution in [3.63, 3.8) is 0 Å². The quantitative estimate of drug-likeness (QED) is 0.586. The van der Waals surface area contributed by atoms with Gasteiger partial charge in [-0.3, -0.25) is 9.59 Å². The summed E-state index contributed by atoms with van der Waals surface area (Å²) in [6.07, 6.45) is 3.65. The van der Waals surface area contributed by atoms with E-state index < -0.39 is 11.4 Å². The first-order valence-electron chi connectivity index (χ1n) is 10.8. The summed E-state index contributed by atoms with van der Waals surface area (Å²) in [7, 11) is 0. The molecule has 1 N–H and O–H groups in total. The molecule has 1 saturated carbocycles. The minimum absolute atomic E-state index is 0.0716. The number of pyridine rings is 1. The van der Waals surface area contributed by atoms with E-state index in [1.165, 1.54) is 28.8 Å². The predicted octanol–water partition coefficient (Wildman–Crippen LogP) is 5.27. The van der Waals surface area contributed by atoms with Gasteiger partial charge in [0.25, 0.3) is 11.5 Å². The number of benzene rings is 2. The number of nitrogens with one attached hydrogen (secondary N) is 1. The molecule has 1 aliphatic rings. The molecule has 0 spiro atoms. The Bertz CT molecular complexity index is 1200. The van der Waals surface area contributed by atoms with E-state index in [1.807, 2.05) is 13.0 Å². The lowest BCUT2D eigenvalue weighted by Crippen LogP contribution is -2.38. The zero-order valence-corrected chi connectivity index (χ0v) is 17.8. The van der Waals surface area contributed by atoms with Crippen molar-refractivity contribution in [3.8, 4) is 0 Å². The van der Waals surface area contributed by atoms with Gasteiger partial charge in [0.1, 0.15) is 11.6 Å². The standard InChI is InChI=1S/C25H26F2N2O2/c1-3-13-29-15(2)21(19-11-6-12-20(27)22(19)25(29)31)24(30)28-23(16-7-4-8-16)17-9-5-10-18(26)14-17/h5-6,9-12,14,16,23H,3-4,7-8,13H2,1-2H3,(H,28,30)/t23-/m0/s1. The summed E-state index contributed by atoms with van der Waals surface area (Å²) < 4.78 is 30.0. The molecule has 1 aromatic heterocycles. The molecule has 1 amide bonds. The zero-order chi connectivity index (χ0) is 22.1. The van der Waals surface area contributed by atoms with Gasteiger partial charge < -0.3 is 9.88 Å². The first-order chi connectivity index (χ1) is 14.9. The number of fused-ring (bicyclic) bond motifs is 1. The molecule has 162 valence electrons. The predicted molar refractivity (Wildman–Crippen MR) is 117 cm³/mol. The van der Waals surface area contributed by atoms with Gasteiger partial charge in [-0.2, -0.15) is 0 Å². The molecule has 1 fully saturated rings. The van der Waals surface area contributed by atoms with Crippen molar-refractivity contribution in [1.82, 2.24) is 9.88 Å². The van der Waals surface area contributed by atoms with Gasteiger partial charge in [0.2, 0.25) is 0 Å². The molecule has 0 saturated heterocycles. The third-order valence-electron chi connectivity index (χ3n) is 6.30. The minimum Gasteiger partial charge on any atom is -0.345 e. The summed E-state index contributed by atoms with van der Waals surface area (Å²) in [6, 6.07) is 10.3. The van der Waals surface area contributed by atoms with Crippen molar-refractivity contribution in [3.05, 3.63) is 81.3 Å². The number of halogens is 2. The molecule has 3 aromatic rings. The Morgan fingerprint density at radius 1 is 1.19 bits per heavy atom. The molecule has 1 aliphatic carbocycles. The first-order valence-corrected chi connectivity index (χ1v) is 10.8. The molecule has 0 bridgehead atoms. The van der Waals surface area contributed by atoms with E-state index in [4.69, 9.17) is 0 Å². The normalized spacial score (nSPS) is 15.0. The summed E-state index contributed by atoms with van der Waals surface area (Å²) in [5.74, 6) is -1.15. The third kappa shape index (κ3) is 3.87. The second-order valence-electron chi connectivity index (χ2n) is 8.28. The van der Waals surface area contributed by atoms with Gasteiger partial charge in [0.15, 0.2) is 0 Å². The molecule has 1 atom stereocenters. The average Bonchev–Trinajstić information content (AvgIpc) is 2.69. The average molecular weight is 424 g/mol. The molecule has 31 heavy (non-hydrogen) atoms. The molecule has 6 heteroatoms. The fourth-order valence-electron chi connectivity index (χ4n) is 4.51.